The number of likely N-dealkylation sites (tertiary alicyclic amines) is 1. The standard InChI is InChI=1S/C18H23N5OS/c1-2-16-19-14-8-4-5-9-15(14)22(16)12-17-20-23(18(25)24-17)13-21-10-6-3-7-11-21/h4-5,8-9H,2-3,6-7,10-13H2,1H3. The summed E-state index contributed by atoms with van der Waals surface area (Å²) in [7, 11) is 0. The molecule has 1 aromatic carbocycles. The van der Waals surface area contributed by atoms with Gasteiger partial charge in [0.1, 0.15) is 12.4 Å². The second-order valence-corrected chi connectivity index (χ2v) is 6.89. The van der Waals surface area contributed by atoms with Crippen LogP contribution in [-0.2, 0) is 19.6 Å². The van der Waals surface area contributed by atoms with Gasteiger partial charge in [0.2, 0.25) is 5.89 Å². The number of aryl methyl sites for hydroxylation is 1. The van der Waals surface area contributed by atoms with Crippen molar-refractivity contribution in [1.29, 1.82) is 0 Å². The molecule has 6 nitrogen and oxygen atoms in total. The maximum Gasteiger partial charge on any atom is 0.288 e. The Morgan fingerprint density at radius 1 is 1.16 bits per heavy atom. The number of para-hydroxylation sites is 2. The van der Waals surface area contributed by atoms with Crippen molar-refractivity contribution in [2.75, 3.05) is 13.1 Å². The fourth-order valence-corrected chi connectivity index (χ4v) is 3.69. The smallest absolute Gasteiger partial charge is 0.288 e. The van der Waals surface area contributed by atoms with E-state index in [4.69, 9.17) is 21.6 Å². The van der Waals surface area contributed by atoms with Crippen LogP contribution in [0.25, 0.3) is 11.0 Å². The third kappa shape index (κ3) is 3.39. The second kappa shape index (κ2) is 7.09. The summed E-state index contributed by atoms with van der Waals surface area (Å²) in [5.41, 5.74) is 2.11. The SMILES string of the molecule is CCc1nc2ccccc2n1Cc1nn(CN2CCCCC2)c(=S)o1. The molecule has 0 unspecified atom stereocenters. The van der Waals surface area contributed by atoms with Crippen LogP contribution in [0.15, 0.2) is 28.7 Å². The highest BCUT2D eigenvalue weighted by Crippen LogP contribution is 2.18. The predicted molar refractivity (Wildman–Crippen MR) is 99.0 cm³/mol. The van der Waals surface area contributed by atoms with E-state index in [0.717, 1.165) is 36.4 Å². The zero-order chi connectivity index (χ0) is 17.2. The molecule has 3 heterocycles. The lowest BCUT2D eigenvalue weighted by Crippen LogP contribution is -2.32. The zero-order valence-electron chi connectivity index (χ0n) is 14.5. The lowest BCUT2D eigenvalue weighted by molar-refractivity contribution is 0.170. The fourth-order valence-electron chi connectivity index (χ4n) is 3.50. The van der Waals surface area contributed by atoms with Gasteiger partial charge in [-0.3, -0.25) is 4.90 Å². The average Bonchev–Trinajstić information content (AvgIpc) is 3.16. The molecule has 0 radical (unpaired) electrons. The van der Waals surface area contributed by atoms with Crippen molar-refractivity contribution in [2.24, 2.45) is 0 Å². The van der Waals surface area contributed by atoms with Gasteiger partial charge in [-0.25, -0.2) is 9.67 Å². The van der Waals surface area contributed by atoms with Crippen LogP contribution in [0, 0.1) is 4.84 Å². The first-order chi connectivity index (χ1) is 12.2. The van der Waals surface area contributed by atoms with Gasteiger partial charge in [0.25, 0.3) is 4.84 Å². The Labute approximate surface area is 152 Å². The number of aromatic nitrogens is 4. The summed E-state index contributed by atoms with van der Waals surface area (Å²) in [4.78, 5) is 7.53. The average molecular weight is 357 g/mol. The monoisotopic (exact) mass is 357 g/mol. The topological polar surface area (TPSA) is 52.0 Å². The van der Waals surface area contributed by atoms with Gasteiger partial charge in [0.15, 0.2) is 0 Å². The highest BCUT2D eigenvalue weighted by molar-refractivity contribution is 7.71. The molecule has 1 saturated heterocycles. The summed E-state index contributed by atoms with van der Waals surface area (Å²) in [6, 6.07) is 8.17. The molecular weight excluding hydrogens is 334 g/mol. The van der Waals surface area contributed by atoms with E-state index in [-0.39, 0.29) is 0 Å². The third-order valence-corrected chi connectivity index (χ3v) is 5.07. The Kier molecular flexibility index (Phi) is 4.67. The molecule has 0 spiro atoms. The van der Waals surface area contributed by atoms with Crippen LogP contribution in [0.2, 0.25) is 0 Å². The molecular formula is C18H23N5OS. The zero-order valence-corrected chi connectivity index (χ0v) is 15.3. The van der Waals surface area contributed by atoms with E-state index in [1.54, 1.807) is 4.68 Å². The summed E-state index contributed by atoms with van der Waals surface area (Å²) < 4.78 is 9.74. The maximum absolute atomic E-state index is 5.77. The number of benzene rings is 1. The van der Waals surface area contributed by atoms with Crippen molar-refractivity contribution < 1.29 is 4.42 Å². The van der Waals surface area contributed by atoms with Crippen molar-refractivity contribution in [1.82, 2.24) is 24.2 Å². The molecule has 4 rings (SSSR count). The molecule has 0 atom stereocenters. The Morgan fingerprint density at radius 3 is 2.76 bits per heavy atom. The number of imidazole rings is 1. The highest BCUT2D eigenvalue weighted by atomic mass is 32.1. The van der Waals surface area contributed by atoms with Crippen molar-refractivity contribution in [3.8, 4) is 0 Å². The van der Waals surface area contributed by atoms with E-state index in [2.05, 4.69) is 27.6 Å². The summed E-state index contributed by atoms with van der Waals surface area (Å²) in [6.45, 7) is 5.60. The molecule has 3 aromatic rings. The van der Waals surface area contributed by atoms with Crippen molar-refractivity contribution in [3.63, 3.8) is 0 Å². The Balaban J connectivity index is 1.59. The lowest BCUT2D eigenvalue weighted by atomic mass is 10.1. The molecule has 0 aliphatic carbocycles. The Morgan fingerprint density at radius 2 is 1.96 bits per heavy atom. The van der Waals surface area contributed by atoms with Crippen LogP contribution in [0.4, 0.5) is 0 Å². The summed E-state index contributed by atoms with van der Waals surface area (Å²) in [5.74, 6) is 1.67. The third-order valence-electron chi connectivity index (χ3n) is 4.77. The Hall–Kier alpha value is -1.99. The molecule has 0 bridgehead atoms. The molecule has 1 aliphatic rings. The van der Waals surface area contributed by atoms with E-state index in [0.29, 0.717) is 23.9 Å². The number of hydrogen-bond acceptors (Lipinski definition) is 5. The van der Waals surface area contributed by atoms with Gasteiger partial charge in [0, 0.05) is 6.42 Å². The van der Waals surface area contributed by atoms with Crippen LogP contribution >= 0.6 is 12.2 Å². The molecule has 0 saturated carbocycles. The minimum absolute atomic E-state index is 0.447. The van der Waals surface area contributed by atoms with Gasteiger partial charge in [-0.05, 0) is 50.3 Å². The number of rotatable bonds is 5. The molecule has 1 fully saturated rings. The largest absolute Gasteiger partial charge is 0.412 e. The second-order valence-electron chi connectivity index (χ2n) is 6.54. The van der Waals surface area contributed by atoms with Crippen LogP contribution < -0.4 is 0 Å². The summed E-state index contributed by atoms with van der Waals surface area (Å²) >= 11 is 5.38. The highest BCUT2D eigenvalue weighted by Gasteiger charge is 2.15. The number of fused-ring (bicyclic) bond motifs is 1. The van der Waals surface area contributed by atoms with Gasteiger partial charge in [-0.2, -0.15) is 0 Å². The minimum atomic E-state index is 0.447. The molecule has 1 aliphatic heterocycles. The molecule has 2 aromatic heterocycles. The predicted octanol–water partition coefficient (Wildman–Crippen LogP) is 3.61. The van der Waals surface area contributed by atoms with Gasteiger partial charge < -0.3 is 8.98 Å². The van der Waals surface area contributed by atoms with E-state index in [9.17, 15) is 0 Å². The van der Waals surface area contributed by atoms with E-state index < -0.39 is 0 Å². The van der Waals surface area contributed by atoms with E-state index in [1.807, 2.05) is 18.2 Å². The normalized spacial score (nSPS) is 15.9. The van der Waals surface area contributed by atoms with Crippen molar-refractivity contribution in [3.05, 3.63) is 40.8 Å². The van der Waals surface area contributed by atoms with E-state index in [1.165, 1.54) is 19.3 Å². The molecule has 25 heavy (non-hydrogen) atoms. The quantitative estimate of drug-likeness (QED) is 0.653. The van der Waals surface area contributed by atoms with Crippen LogP contribution in [0.5, 0.6) is 0 Å². The molecule has 7 heteroatoms. The van der Waals surface area contributed by atoms with Gasteiger partial charge >= 0.3 is 0 Å². The summed E-state index contributed by atoms with van der Waals surface area (Å²) in [5, 5.41) is 4.62. The first-order valence-electron chi connectivity index (χ1n) is 8.98. The number of nitrogens with zero attached hydrogens (tertiary/aromatic N) is 5. The van der Waals surface area contributed by atoms with Gasteiger partial charge in [-0.1, -0.05) is 25.5 Å². The molecule has 132 valence electrons. The lowest BCUT2D eigenvalue weighted by Gasteiger charge is -2.25. The van der Waals surface area contributed by atoms with Gasteiger partial charge in [-0.15, -0.1) is 5.10 Å². The fraction of sp³-hybridized carbons (Fsp3) is 0.500. The minimum Gasteiger partial charge on any atom is -0.412 e. The van der Waals surface area contributed by atoms with Crippen molar-refractivity contribution in [2.45, 2.75) is 45.8 Å². The first kappa shape index (κ1) is 16.5. The van der Waals surface area contributed by atoms with Gasteiger partial charge in [0.05, 0.1) is 17.7 Å². The van der Waals surface area contributed by atoms with Crippen molar-refractivity contribution >= 4 is 23.3 Å². The summed E-state index contributed by atoms with van der Waals surface area (Å²) in [6.07, 6.45) is 4.68. The van der Waals surface area contributed by atoms with Crippen LogP contribution in [-0.4, -0.2) is 37.3 Å². The Bertz CT molecular complexity index is 919. The number of piperidine rings is 1. The van der Waals surface area contributed by atoms with Crippen LogP contribution in [0.1, 0.15) is 37.9 Å². The maximum atomic E-state index is 5.77. The first-order valence-corrected chi connectivity index (χ1v) is 9.38. The van der Waals surface area contributed by atoms with Crippen LogP contribution in [0.3, 0.4) is 0 Å². The molecule has 0 N–H and O–H groups in total. The number of hydrogen-bond donors (Lipinski definition) is 0. The molecule has 0 amide bonds. The van der Waals surface area contributed by atoms with E-state index >= 15 is 0 Å².